The van der Waals surface area contributed by atoms with Gasteiger partial charge in [0, 0.05) is 0 Å². The highest BCUT2D eigenvalue weighted by Gasteiger charge is 2.35. The molecule has 2 unspecified atom stereocenters. The molecular weight excluding hydrogens is 192 g/mol. The molecule has 1 aliphatic rings. The lowest BCUT2D eigenvalue weighted by molar-refractivity contribution is -0.151. The second-order valence-corrected chi connectivity index (χ2v) is 3.94. The van der Waals surface area contributed by atoms with E-state index in [4.69, 9.17) is 0 Å². The minimum absolute atomic E-state index is 0.103. The van der Waals surface area contributed by atoms with E-state index >= 15 is 0 Å². The van der Waals surface area contributed by atoms with Gasteiger partial charge in [0.1, 0.15) is 5.92 Å². The van der Waals surface area contributed by atoms with Crippen molar-refractivity contribution in [3.8, 4) is 0 Å². The highest BCUT2D eigenvalue weighted by Crippen LogP contribution is 2.28. The van der Waals surface area contributed by atoms with E-state index in [1.807, 2.05) is 6.08 Å². The normalized spacial score (nSPS) is 25.3. The van der Waals surface area contributed by atoms with Gasteiger partial charge in [0.25, 0.3) is 0 Å². The number of methoxy groups -OCH3 is 1. The van der Waals surface area contributed by atoms with E-state index in [9.17, 15) is 9.59 Å². The van der Waals surface area contributed by atoms with E-state index in [1.54, 1.807) is 0 Å². The quantitative estimate of drug-likeness (QED) is 0.527. The number of carbonyl (C=O) groups excluding carboxylic acids is 2. The lowest BCUT2D eigenvalue weighted by atomic mass is 9.79. The number of hydrogen-bond donors (Lipinski definition) is 0. The summed E-state index contributed by atoms with van der Waals surface area (Å²) in [7, 11) is 1.34. The molecule has 1 aliphatic carbocycles. The first kappa shape index (κ1) is 12.0. The van der Waals surface area contributed by atoms with Crippen LogP contribution < -0.4 is 0 Å². The van der Waals surface area contributed by atoms with Crippen LogP contribution in [0.5, 0.6) is 0 Å². The van der Waals surface area contributed by atoms with Crippen molar-refractivity contribution in [1.29, 1.82) is 0 Å². The van der Waals surface area contributed by atoms with E-state index < -0.39 is 5.92 Å². The highest BCUT2D eigenvalue weighted by molar-refractivity contribution is 6.05. The molecule has 0 saturated heterocycles. The number of hydrogen-bond acceptors (Lipinski definition) is 3. The van der Waals surface area contributed by atoms with Gasteiger partial charge in [-0.1, -0.05) is 25.8 Å². The summed E-state index contributed by atoms with van der Waals surface area (Å²) in [6.07, 6.45) is 7.24. The summed E-state index contributed by atoms with van der Waals surface area (Å²) in [4.78, 5) is 23.1. The van der Waals surface area contributed by atoms with Crippen LogP contribution in [0.1, 0.15) is 32.6 Å². The SMILES string of the molecule is CCCCC1CC=CC(=O)C1C(=O)OC. The fourth-order valence-electron chi connectivity index (χ4n) is 2.02. The number of allylic oxidation sites excluding steroid dienone is 2. The van der Waals surface area contributed by atoms with Gasteiger partial charge in [-0.15, -0.1) is 0 Å². The van der Waals surface area contributed by atoms with Gasteiger partial charge >= 0.3 is 5.97 Å². The summed E-state index contributed by atoms with van der Waals surface area (Å²) in [6.45, 7) is 2.10. The largest absolute Gasteiger partial charge is 0.468 e. The Kier molecular flexibility index (Phi) is 4.53. The number of ketones is 1. The summed E-state index contributed by atoms with van der Waals surface area (Å²) in [5.41, 5.74) is 0. The fraction of sp³-hybridized carbons (Fsp3) is 0.667. The molecule has 1 rings (SSSR count). The fourth-order valence-corrected chi connectivity index (χ4v) is 2.02. The molecule has 0 heterocycles. The molecule has 0 N–H and O–H groups in total. The standard InChI is InChI=1S/C12H18O3/c1-3-4-6-9-7-5-8-10(13)11(9)12(14)15-2/h5,8-9,11H,3-4,6-7H2,1-2H3. The Labute approximate surface area is 90.5 Å². The highest BCUT2D eigenvalue weighted by atomic mass is 16.5. The van der Waals surface area contributed by atoms with Crippen molar-refractivity contribution in [2.45, 2.75) is 32.6 Å². The number of rotatable bonds is 4. The summed E-state index contributed by atoms with van der Waals surface area (Å²) in [6, 6.07) is 0. The average Bonchev–Trinajstić information content (AvgIpc) is 2.25. The molecule has 0 saturated carbocycles. The maximum atomic E-state index is 11.6. The first-order valence-electron chi connectivity index (χ1n) is 5.49. The molecule has 2 atom stereocenters. The van der Waals surface area contributed by atoms with E-state index in [2.05, 4.69) is 11.7 Å². The van der Waals surface area contributed by atoms with E-state index in [0.717, 1.165) is 25.7 Å². The maximum absolute atomic E-state index is 11.6. The molecule has 3 nitrogen and oxygen atoms in total. The van der Waals surface area contributed by atoms with Crippen LogP contribution in [0, 0.1) is 11.8 Å². The minimum Gasteiger partial charge on any atom is -0.468 e. The third kappa shape index (κ3) is 2.91. The van der Waals surface area contributed by atoms with E-state index in [1.165, 1.54) is 13.2 Å². The zero-order valence-electron chi connectivity index (χ0n) is 9.36. The number of carbonyl (C=O) groups is 2. The third-order valence-corrected chi connectivity index (χ3v) is 2.88. The van der Waals surface area contributed by atoms with Gasteiger partial charge in [0.2, 0.25) is 0 Å². The van der Waals surface area contributed by atoms with Gasteiger partial charge in [-0.2, -0.15) is 0 Å². The van der Waals surface area contributed by atoms with Crippen LogP contribution in [0.2, 0.25) is 0 Å². The third-order valence-electron chi connectivity index (χ3n) is 2.88. The van der Waals surface area contributed by atoms with Gasteiger partial charge in [-0.3, -0.25) is 9.59 Å². The molecular formula is C12H18O3. The van der Waals surface area contributed by atoms with E-state index in [-0.39, 0.29) is 17.7 Å². The van der Waals surface area contributed by atoms with Crippen LogP contribution in [-0.4, -0.2) is 18.9 Å². The van der Waals surface area contributed by atoms with Gasteiger partial charge in [0.05, 0.1) is 7.11 Å². The van der Waals surface area contributed by atoms with Crippen molar-refractivity contribution in [2.75, 3.05) is 7.11 Å². The van der Waals surface area contributed by atoms with Gasteiger partial charge in [-0.05, 0) is 24.8 Å². The van der Waals surface area contributed by atoms with Gasteiger partial charge in [-0.25, -0.2) is 0 Å². The zero-order valence-corrected chi connectivity index (χ0v) is 9.36. The Balaban J connectivity index is 2.70. The van der Waals surface area contributed by atoms with Gasteiger partial charge in [0.15, 0.2) is 5.78 Å². The molecule has 3 heteroatoms. The summed E-state index contributed by atoms with van der Waals surface area (Å²) in [5, 5.41) is 0. The lowest BCUT2D eigenvalue weighted by Crippen LogP contribution is -2.33. The van der Waals surface area contributed by atoms with Crippen molar-refractivity contribution in [3.63, 3.8) is 0 Å². The topological polar surface area (TPSA) is 43.4 Å². The summed E-state index contributed by atoms with van der Waals surface area (Å²) in [5.74, 6) is -0.916. The molecule has 0 bridgehead atoms. The molecule has 0 aromatic carbocycles. The molecule has 0 aliphatic heterocycles. The van der Waals surface area contributed by atoms with Crippen LogP contribution in [0.3, 0.4) is 0 Å². The van der Waals surface area contributed by atoms with Crippen LogP contribution in [0.15, 0.2) is 12.2 Å². The molecule has 0 radical (unpaired) electrons. The average molecular weight is 210 g/mol. The number of ether oxygens (including phenoxy) is 1. The Hall–Kier alpha value is -1.12. The van der Waals surface area contributed by atoms with E-state index in [0.29, 0.717) is 0 Å². The zero-order chi connectivity index (χ0) is 11.3. The van der Waals surface area contributed by atoms with Crippen LogP contribution in [-0.2, 0) is 14.3 Å². The number of esters is 1. The Bertz CT molecular complexity index is 268. The lowest BCUT2D eigenvalue weighted by Gasteiger charge is -2.24. The molecule has 0 aromatic heterocycles. The van der Waals surface area contributed by atoms with Crippen molar-refractivity contribution >= 4 is 11.8 Å². The molecule has 84 valence electrons. The summed E-state index contributed by atoms with van der Waals surface area (Å²) >= 11 is 0. The maximum Gasteiger partial charge on any atom is 0.316 e. The molecule has 0 aromatic rings. The Morgan fingerprint density at radius 2 is 2.33 bits per heavy atom. The molecule has 0 fully saturated rings. The van der Waals surface area contributed by atoms with Gasteiger partial charge < -0.3 is 4.74 Å². The monoisotopic (exact) mass is 210 g/mol. The smallest absolute Gasteiger partial charge is 0.316 e. The van der Waals surface area contributed by atoms with Crippen LogP contribution >= 0.6 is 0 Å². The Morgan fingerprint density at radius 1 is 1.60 bits per heavy atom. The predicted molar refractivity (Wildman–Crippen MR) is 57.3 cm³/mol. The second kappa shape index (κ2) is 5.69. The van der Waals surface area contributed by atoms with Crippen LogP contribution in [0.4, 0.5) is 0 Å². The predicted octanol–water partition coefficient (Wildman–Crippen LogP) is 2.11. The summed E-state index contributed by atoms with van der Waals surface area (Å²) < 4.78 is 4.68. The van der Waals surface area contributed by atoms with Crippen molar-refractivity contribution < 1.29 is 14.3 Å². The molecule has 0 amide bonds. The number of unbranched alkanes of at least 4 members (excludes halogenated alkanes) is 1. The first-order chi connectivity index (χ1) is 7.20. The molecule has 0 spiro atoms. The minimum atomic E-state index is -0.563. The van der Waals surface area contributed by atoms with Crippen molar-refractivity contribution in [2.24, 2.45) is 11.8 Å². The second-order valence-electron chi connectivity index (χ2n) is 3.94. The van der Waals surface area contributed by atoms with Crippen molar-refractivity contribution in [3.05, 3.63) is 12.2 Å². The van der Waals surface area contributed by atoms with Crippen molar-refractivity contribution in [1.82, 2.24) is 0 Å². The Morgan fingerprint density at radius 3 is 2.93 bits per heavy atom. The van der Waals surface area contributed by atoms with Crippen LogP contribution in [0.25, 0.3) is 0 Å². The first-order valence-corrected chi connectivity index (χ1v) is 5.49. The molecule has 15 heavy (non-hydrogen) atoms.